The van der Waals surface area contributed by atoms with E-state index in [4.69, 9.17) is 0 Å². The molecular weight excluding hydrogens is 419 g/mol. The van der Waals surface area contributed by atoms with Crippen molar-refractivity contribution in [2.45, 2.75) is 13.1 Å². The van der Waals surface area contributed by atoms with Crippen molar-refractivity contribution in [2.75, 3.05) is 6.54 Å². The van der Waals surface area contributed by atoms with Crippen LogP contribution < -0.4 is 10.9 Å². The van der Waals surface area contributed by atoms with Crippen LogP contribution in [0.15, 0.2) is 65.8 Å². The molecule has 11 heteroatoms. The van der Waals surface area contributed by atoms with Crippen LogP contribution in [0, 0.1) is 15.9 Å². The number of nitrogens with zero attached hydrogens (tertiary/aromatic N) is 5. The number of carbonyl (C=O) groups is 1. The van der Waals surface area contributed by atoms with Crippen LogP contribution in [0.3, 0.4) is 0 Å². The highest BCUT2D eigenvalue weighted by atomic mass is 19.1. The molecule has 4 rings (SSSR count). The summed E-state index contributed by atoms with van der Waals surface area (Å²) in [5.74, 6) is -1.15. The predicted octanol–water partition coefficient (Wildman–Crippen LogP) is 2.12. The number of amides is 1. The Morgan fingerprint density at radius 2 is 1.91 bits per heavy atom. The summed E-state index contributed by atoms with van der Waals surface area (Å²) in [6, 6.07) is 11.6. The van der Waals surface area contributed by atoms with Gasteiger partial charge in [0.2, 0.25) is 0 Å². The Morgan fingerprint density at radius 1 is 1.16 bits per heavy atom. The van der Waals surface area contributed by atoms with Crippen molar-refractivity contribution in [1.82, 2.24) is 24.6 Å². The van der Waals surface area contributed by atoms with Gasteiger partial charge in [-0.2, -0.15) is 5.10 Å². The molecule has 0 fully saturated rings. The Morgan fingerprint density at radius 3 is 2.62 bits per heavy atom. The number of nitrogens with one attached hydrogen (secondary N) is 1. The third kappa shape index (κ3) is 4.21. The molecule has 162 valence electrons. The van der Waals surface area contributed by atoms with E-state index in [1.54, 1.807) is 18.2 Å². The Kier molecular flexibility index (Phi) is 5.71. The van der Waals surface area contributed by atoms with Crippen molar-refractivity contribution < 1.29 is 14.1 Å². The van der Waals surface area contributed by atoms with Crippen molar-refractivity contribution in [3.05, 3.63) is 98.5 Å². The van der Waals surface area contributed by atoms with Crippen LogP contribution in [0.5, 0.6) is 0 Å². The number of non-ortho nitro benzene ring substituents is 1. The number of benzene rings is 2. The van der Waals surface area contributed by atoms with Gasteiger partial charge in [-0.15, -0.1) is 0 Å². The first-order chi connectivity index (χ1) is 15.4. The highest BCUT2D eigenvalue weighted by Crippen LogP contribution is 2.13. The lowest BCUT2D eigenvalue weighted by atomic mass is 10.2. The lowest BCUT2D eigenvalue weighted by Crippen LogP contribution is -2.28. The van der Waals surface area contributed by atoms with Gasteiger partial charge < -0.3 is 5.32 Å². The lowest BCUT2D eigenvalue weighted by Gasteiger charge is -2.08. The minimum atomic E-state index is -0.607. The molecule has 0 aliphatic heterocycles. The average molecular weight is 436 g/mol. The van der Waals surface area contributed by atoms with Gasteiger partial charge in [-0.05, 0) is 17.7 Å². The fourth-order valence-electron chi connectivity index (χ4n) is 3.21. The summed E-state index contributed by atoms with van der Waals surface area (Å²) < 4.78 is 16.6. The molecule has 0 spiro atoms. The second kappa shape index (κ2) is 8.76. The molecule has 0 unspecified atom stereocenters. The summed E-state index contributed by atoms with van der Waals surface area (Å²) in [5, 5.41) is 17.8. The van der Waals surface area contributed by atoms with E-state index >= 15 is 0 Å². The minimum Gasteiger partial charge on any atom is -0.350 e. The summed E-state index contributed by atoms with van der Waals surface area (Å²) in [5.41, 5.74) is 0.676. The van der Waals surface area contributed by atoms with Crippen LogP contribution in [0.1, 0.15) is 15.9 Å². The van der Waals surface area contributed by atoms with E-state index in [0.29, 0.717) is 16.6 Å². The van der Waals surface area contributed by atoms with Gasteiger partial charge in [0.15, 0.2) is 5.65 Å². The Labute approximate surface area is 180 Å². The SMILES string of the molecule is O=C(NCCn1ncc2c(=O)n(Cc3ccc([N+](=O)[O-])cc3)cnc21)c1ccccc1F. The van der Waals surface area contributed by atoms with Crippen LogP contribution in [0.2, 0.25) is 0 Å². The maximum Gasteiger partial charge on any atom is 0.269 e. The van der Waals surface area contributed by atoms with E-state index in [0.717, 1.165) is 0 Å². The molecule has 10 nitrogen and oxygen atoms in total. The van der Waals surface area contributed by atoms with Gasteiger partial charge >= 0.3 is 0 Å². The summed E-state index contributed by atoms with van der Waals surface area (Å²) in [7, 11) is 0. The van der Waals surface area contributed by atoms with Crippen LogP contribution in [0.25, 0.3) is 11.0 Å². The van der Waals surface area contributed by atoms with Crippen LogP contribution in [-0.4, -0.2) is 36.7 Å². The molecule has 0 aliphatic carbocycles. The van der Waals surface area contributed by atoms with Crippen LogP contribution >= 0.6 is 0 Å². The first-order valence-electron chi connectivity index (χ1n) is 9.61. The zero-order valence-corrected chi connectivity index (χ0v) is 16.6. The number of halogens is 1. The summed E-state index contributed by atoms with van der Waals surface area (Å²) >= 11 is 0. The number of carbonyl (C=O) groups excluding carboxylic acids is 1. The molecule has 0 radical (unpaired) electrons. The second-order valence-corrected chi connectivity index (χ2v) is 6.94. The van der Waals surface area contributed by atoms with E-state index in [-0.39, 0.29) is 36.4 Å². The Bertz CT molecular complexity index is 1360. The van der Waals surface area contributed by atoms with Gasteiger partial charge in [-0.1, -0.05) is 24.3 Å². The molecule has 1 N–H and O–H groups in total. The molecule has 32 heavy (non-hydrogen) atoms. The van der Waals surface area contributed by atoms with Crippen molar-refractivity contribution in [3.8, 4) is 0 Å². The quantitative estimate of drug-likeness (QED) is 0.349. The standard InChI is InChI=1S/C21H17FN6O4/c22-18-4-2-1-3-16(18)20(29)23-9-10-27-19-17(11-25-27)21(30)26(13-24-19)12-14-5-7-15(8-6-14)28(31)32/h1-8,11,13H,9-10,12H2,(H,23,29). The van der Waals surface area contributed by atoms with Crippen LogP contribution in [-0.2, 0) is 13.1 Å². The zero-order chi connectivity index (χ0) is 22.7. The third-order valence-corrected chi connectivity index (χ3v) is 4.85. The molecular formula is C21H17FN6O4. The summed E-state index contributed by atoms with van der Waals surface area (Å²) in [6.07, 6.45) is 2.78. The number of fused-ring (bicyclic) bond motifs is 1. The van der Waals surface area contributed by atoms with Crippen molar-refractivity contribution >= 4 is 22.6 Å². The fraction of sp³-hybridized carbons (Fsp3) is 0.143. The zero-order valence-electron chi connectivity index (χ0n) is 16.6. The number of nitro groups is 1. The van der Waals surface area contributed by atoms with E-state index in [1.807, 2.05) is 0 Å². The van der Waals surface area contributed by atoms with E-state index < -0.39 is 16.6 Å². The summed E-state index contributed by atoms with van der Waals surface area (Å²) in [4.78, 5) is 39.4. The lowest BCUT2D eigenvalue weighted by molar-refractivity contribution is -0.384. The van der Waals surface area contributed by atoms with E-state index in [1.165, 1.54) is 52.1 Å². The third-order valence-electron chi connectivity index (χ3n) is 4.85. The first kappa shape index (κ1) is 20.8. The summed E-state index contributed by atoms with van der Waals surface area (Å²) in [6.45, 7) is 0.601. The normalized spacial score (nSPS) is 10.9. The molecule has 1 amide bonds. The largest absolute Gasteiger partial charge is 0.350 e. The number of nitro benzene ring substituents is 1. The van der Waals surface area contributed by atoms with Crippen molar-refractivity contribution in [2.24, 2.45) is 0 Å². The molecule has 2 heterocycles. The molecule has 0 atom stereocenters. The highest BCUT2D eigenvalue weighted by molar-refractivity contribution is 5.94. The Hall–Kier alpha value is -4.41. The minimum absolute atomic E-state index is 0.0296. The Balaban J connectivity index is 1.45. The number of hydrogen-bond acceptors (Lipinski definition) is 6. The number of rotatable bonds is 7. The highest BCUT2D eigenvalue weighted by Gasteiger charge is 2.13. The van der Waals surface area contributed by atoms with Gasteiger partial charge in [-0.25, -0.2) is 14.1 Å². The van der Waals surface area contributed by atoms with Gasteiger partial charge in [0.1, 0.15) is 17.5 Å². The molecule has 0 bridgehead atoms. The molecule has 2 aromatic heterocycles. The van der Waals surface area contributed by atoms with Crippen molar-refractivity contribution in [3.63, 3.8) is 0 Å². The van der Waals surface area contributed by atoms with E-state index in [9.17, 15) is 24.1 Å². The maximum absolute atomic E-state index is 13.7. The van der Waals surface area contributed by atoms with Gasteiger partial charge in [0, 0.05) is 18.7 Å². The molecule has 0 saturated heterocycles. The number of aromatic nitrogens is 4. The molecule has 0 saturated carbocycles. The first-order valence-corrected chi connectivity index (χ1v) is 9.61. The van der Waals surface area contributed by atoms with Crippen molar-refractivity contribution in [1.29, 1.82) is 0 Å². The molecule has 2 aromatic carbocycles. The monoisotopic (exact) mass is 436 g/mol. The van der Waals surface area contributed by atoms with Crippen LogP contribution in [0.4, 0.5) is 10.1 Å². The second-order valence-electron chi connectivity index (χ2n) is 6.94. The predicted molar refractivity (Wildman–Crippen MR) is 113 cm³/mol. The van der Waals surface area contributed by atoms with Gasteiger partial charge in [0.05, 0.1) is 29.8 Å². The van der Waals surface area contributed by atoms with Gasteiger partial charge in [-0.3, -0.25) is 24.3 Å². The van der Waals surface area contributed by atoms with E-state index in [2.05, 4.69) is 15.4 Å². The molecule has 0 aliphatic rings. The maximum atomic E-state index is 13.7. The van der Waals surface area contributed by atoms with Gasteiger partial charge in [0.25, 0.3) is 17.2 Å². The average Bonchev–Trinajstić information content (AvgIpc) is 3.20. The fourth-order valence-corrected chi connectivity index (χ4v) is 3.21. The smallest absolute Gasteiger partial charge is 0.269 e. The number of hydrogen-bond donors (Lipinski definition) is 1. The molecule has 4 aromatic rings. The topological polar surface area (TPSA) is 125 Å².